The van der Waals surface area contributed by atoms with E-state index in [0.29, 0.717) is 5.78 Å². The van der Waals surface area contributed by atoms with Crippen LogP contribution in [-0.4, -0.2) is 5.78 Å². The molecular formula is C11H22O. The monoisotopic (exact) mass is 170 g/mol. The minimum atomic E-state index is 0.285. The summed E-state index contributed by atoms with van der Waals surface area (Å²) in [4.78, 5) is 11.4. The molecule has 1 atom stereocenters. The molecule has 1 heteroatoms. The maximum atomic E-state index is 11.4. The first-order chi connectivity index (χ1) is 5.57. The van der Waals surface area contributed by atoms with E-state index in [9.17, 15) is 4.79 Å². The van der Waals surface area contributed by atoms with Crippen molar-refractivity contribution in [3.05, 3.63) is 0 Å². The summed E-state index contributed by atoms with van der Waals surface area (Å²) >= 11 is 0. The Morgan fingerprint density at radius 3 is 2.17 bits per heavy atom. The predicted molar refractivity (Wildman–Crippen MR) is 53.2 cm³/mol. The lowest BCUT2D eigenvalue weighted by Crippen LogP contribution is -2.11. The van der Waals surface area contributed by atoms with Gasteiger partial charge in [-0.25, -0.2) is 0 Å². The number of Topliss-reactive ketones (excluding diaryl/α,β-unsaturated/α-hetero) is 1. The van der Waals surface area contributed by atoms with Gasteiger partial charge in [0.25, 0.3) is 0 Å². The fourth-order valence-corrected chi connectivity index (χ4v) is 1.24. The highest BCUT2D eigenvalue weighted by Crippen LogP contribution is 2.14. The Hall–Kier alpha value is -0.330. The quantitative estimate of drug-likeness (QED) is 0.597. The van der Waals surface area contributed by atoms with Crippen molar-refractivity contribution in [3.63, 3.8) is 0 Å². The highest BCUT2D eigenvalue weighted by molar-refractivity contribution is 5.80. The largest absolute Gasteiger partial charge is 0.299 e. The lowest BCUT2D eigenvalue weighted by atomic mass is 9.94. The van der Waals surface area contributed by atoms with E-state index in [2.05, 4.69) is 27.7 Å². The SMILES string of the molecule is CCCC(=O)C(C)CCC(C)C. The minimum Gasteiger partial charge on any atom is -0.299 e. The molecule has 0 spiro atoms. The zero-order valence-electron chi connectivity index (χ0n) is 8.89. The summed E-state index contributed by atoms with van der Waals surface area (Å²) in [5.74, 6) is 1.45. The summed E-state index contributed by atoms with van der Waals surface area (Å²) in [5, 5.41) is 0. The van der Waals surface area contributed by atoms with Gasteiger partial charge in [0.2, 0.25) is 0 Å². The van der Waals surface area contributed by atoms with E-state index >= 15 is 0 Å². The van der Waals surface area contributed by atoms with Crippen LogP contribution in [-0.2, 0) is 4.79 Å². The Kier molecular flexibility index (Phi) is 6.04. The van der Waals surface area contributed by atoms with Crippen LogP contribution in [0.1, 0.15) is 53.4 Å². The standard InChI is InChI=1S/C11H22O/c1-5-6-11(12)10(4)8-7-9(2)3/h9-10H,5-8H2,1-4H3. The average Bonchev–Trinajstić information content (AvgIpc) is 2.00. The van der Waals surface area contributed by atoms with E-state index in [-0.39, 0.29) is 5.92 Å². The van der Waals surface area contributed by atoms with Crippen LogP contribution in [0.2, 0.25) is 0 Å². The molecule has 0 N–H and O–H groups in total. The third-order valence-electron chi connectivity index (χ3n) is 2.22. The van der Waals surface area contributed by atoms with Crippen LogP contribution >= 0.6 is 0 Å². The summed E-state index contributed by atoms with van der Waals surface area (Å²) in [6.07, 6.45) is 4.00. The summed E-state index contributed by atoms with van der Waals surface area (Å²) in [7, 11) is 0. The topological polar surface area (TPSA) is 17.1 Å². The molecule has 0 aliphatic rings. The number of carbonyl (C=O) groups is 1. The van der Waals surface area contributed by atoms with Gasteiger partial charge in [-0.3, -0.25) is 4.79 Å². The molecule has 0 bridgehead atoms. The zero-order chi connectivity index (χ0) is 9.56. The van der Waals surface area contributed by atoms with Gasteiger partial charge in [-0.05, 0) is 18.8 Å². The van der Waals surface area contributed by atoms with E-state index < -0.39 is 0 Å². The molecular weight excluding hydrogens is 148 g/mol. The summed E-state index contributed by atoms with van der Waals surface area (Å²) in [6, 6.07) is 0. The molecule has 0 aliphatic heterocycles. The van der Waals surface area contributed by atoms with Gasteiger partial charge in [-0.15, -0.1) is 0 Å². The third-order valence-corrected chi connectivity index (χ3v) is 2.22. The van der Waals surface area contributed by atoms with E-state index in [1.54, 1.807) is 0 Å². The summed E-state index contributed by atoms with van der Waals surface area (Å²) < 4.78 is 0. The van der Waals surface area contributed by atoms with Crippen LogP contribution in [0, 0.1) is 11.8 Å². The highest BCUT2D eigenvalue weighted by Gasteiger charge is 2.11. The van der Waals surface area contributed by atoms with Gasteiger partial charge in [0.05, 0.1) is 0 Å². The molecule has 0 saturated heterocycles. The number of hydrogen-bond donors (Lipinski definition) is 0. The maximum Gasteiger partial charge on any atom is 0.135 e. The van der Waals surface area contributed by atoms with Crippen LogP contribution in [0.15, 0.2) is 0 Å². The molecule has 0 amide bonds. The predicted octanol–water partition coefficient (Wildman–Crippen LogP) is 3.43. The van der Waals surface area contributed by atoms with Crippen LogP contribution in [0.25, 0.3) is 0 Å². The molecule has 72 valence electrons. The van der Waals surface area contributed by atoms with Crippen molar-refractivity contribution in [3.8, 4) is 0 Å². The van der Waals surface area contributed by atoms with Crippen molar-refractivity contribution in [1.82, 2.24) is 0 Å². The van der Waals surface area contributed by atoms with Gasteiger partial charge < -0.3 is 0 Å². The number of hydrogen-bond acceptors (Lipinski definition) is 1. The van der Waals surface area contributed by atoms with Gasteiger partial charge in [0, 0.05) is 12.3 Å². The molecule has 0 aromatic rings. The first-order valence-electron chi connectivity index (χ1n) is 5.10. The van der Waals surface area contributed by atoms with Crippen LogP contribution in [0.4, 0.5) is 0 Å². The van der Waals surface area contributed by atoms with E-state index in [4.69, 9.17) is 0 Å². The highest BCUT2D eigenvalue weighted by atomic mass is 16.1. The van der Waals surface area contributed by atoms with E-state index in [1.807, 2.05) is 0 Å². The second-order valence-electron chi connectivity index (χ2n) is 4.09. The zero-order valence-corrected chi connectivity index (χ0v) is 8.89. The molecule has 0 radical (unpaired) electrons. The Morgan fingerprint density at radius 2 is 1.75 bits per heavy atom. The minimum absolute atomic E-state index is 0.285. The Bertz CT molecular complexity index is 127. The van der Waals surface area contributed by atoms with Crippen molar-refractivity contribution in [1.29, 1.82) is 0 Å². The summed E-state index contributed by atoms with van der Waals surface area (Å²) in [6.45, 7) is 8.53. The smallest absolute Gasteiger partial charge is 0.135 e. The van der Waals surface area contributed by atoms with Crippen LogP contribution < -0.4 is 0 Å². The molecule has 0 aliphatic carbocycles. The Balaban J connectivity index is 3.56. The second-order valence-corrected chi connectivity index (χ2v) is 4.09. The molecule has 0 heterocycles. The Labute approximate surface area is 76.6 Å². The lowest BCUT2D eigenvalue weighted by Gasteiger charge is -2.10. The number of rotatable bonds is 6. The Morgan fingerprint density at radius 1 is 1.17 bits per heavy atom. The van der Waals surface area contributed by atoms with E-state index in [1.165, 1.54) is 6.42 Å². The molecule has 0 aromatic carbocycles. The number of ketones is 1. The molecule has 1 unspecified atom stereocenters. The molecule has 0 fully saturated rings. The van der Waals surface area contributed by atoms with Gasteiger partial charge in [0.1, 0.15) is 5.78 Å². The van der Waals surface area contributed by atoms with Crippen molar-refractivity contribution < 1.29 is 4.79 Å². The first-order valence-corrected chi connectivity index (χ1v) is 5.10. The van der Waals surface area contributed by atoms with Crippen molar-refractivity contribution >= 4 is 5.78 Å². The molecule has 1 nitrogen and oxygen atoms in total. The van der Waals surface area contributed by atoms with Gasteiger partial charge >= 0.3 is 0 Å². The van der Waals surface area contributed by atoms with Crippen molar-refractivity contribution in [2.45, 2.75) is 53.4 Å². The average molecular weight is 170 g/mol. The third kappa shape index (κ3) is 5.34. The normalized spacial score (nSPS) is 13.4. The molecule has 0 aromatic heterocycles. The lowest BCUT2D eigenvalue weighted by molar-refractivity contribution is -0.122. The van der Waals surface area contributed by atoms with Crippen molar-refractivity contribution in [2.24, 2.45) is 11.8 Å². The van der Waals surface area contributed by atoms with Crippen molar-refractivity contribution in [2.75, 3.05) is 0 Å². The molecule has 0 saturated carbocycles. The van der Waals surface area contributed by atoms with Gasteiger partial charge in [-0.2, -0.15) is 0 Å². The number of carbonyl (C=O) groups excluding carboxylic acids is 1. The fraction of sp³-hybridized carbons (Fsp3) is 0.909. The maximum absolute atomic E-state index is 11.4. The van der Waals surface area contributed by atoms with Crippen LogP contribution in [0.5, 0.6) is 0 Å². The molecule has 0 rings (SSSR count). The van der Waals surface area contributed by atoms with Gasteiger partial charge in [0.15, 0.2) is 0 Å². The first kappa shape index (κ1) is 11.7. The fourth-order valence-electron chi connectivity index (χ4n) is 1.24. The van der Waals surface area contributed by atoms with E-state index in [0.717, 1.165) is 25.2 Å². The summed E-state index contributed by atoms with van der Waals surface area (Å²) in [5.41, 5.74) is 0. The van der Waals surface area contributed by atoms with Crippen LogP contribution in [0.3, 0.4) is 0 Å². The molecule has 12 heavy (non-hydrogen) atoms. The van der Waals surface area contributed by atoms with Gasteiger partial charge in [-0.1, -0.05) is 34.1 Å². The second kappa shape index (κ2) is 6.22.